The third-order valence-electron chi connectivity index (χ3n) is 1.43. The van der Waals surface area contributed by atoms with E-state index in [2.05, 4.69) is 31.6 Å². The lowest BCUT2D eigenvalue weighted by molar-refractivity contribution is 0.588. The standard InChI is InChI=1S/C12H15N/c1-12(2,3)13-10-9-11-7-5-4-6-8-11/h4-9H,1-3H3. The molecule has 0 saturated heterocycles. The van der Waals surface area contributed by atoms with Crippen LogP contribution in [0, 0.1) is 0 Å². The van der Waals surface area contributed by atoms with E-state index in [1.165, 1.54) is 0 Å². The van der Waals surface area contributed by atoms with Gasteiger partial charge in [-0.25, -0.2) is 4.99 Å². The summed E-state index contributed by atoms with van der Waals surface area (Å²) in [6.45, 7) is 6.16. The topological polar surface area (TPSA) is 12.4 Å². The molecular weight excluding hydrogens is 158 g/mol. The number of hydrogen-bond donors (Lipinski definition) is 0. The zero-order valence-electron chi connectivity index (χ0n) is 8.41. The molecule has 0 spiro atoms. The minimum absolute atomic E-state index is 0.0364. The molecule has 0 radical (unpaired) electrons. The summed E-state index contributed by atoms with van der Waals surface area (Å²) in [7, 11) is 0. The zero-order chi connectivity index (χ0) is 9.73. The summed E-state index contributed by atoms with van der Waals surface area (Å²) in [6, 6.07) is 10.1. The second-order valence-corrected chi connectivity index (χ2v) is 3.97. The SMILES string of the molecule is CC(C)(C)N=C=Cc1ccccc1. The molecule has 1 heteroatoms. The Hall–Kier alpha value is -1.33. The van der Waals surface area contributed by atoms with E-state index in [1.54, 1.807) is 0 Å². The fourth-order valence-corrected chi connectivity index (χ4v) is 0.850. The van der Waals surface area contributed by atoms with E-state index in [0.717, 1.165) is 5.56 Å². The van der Waals surface area contributed by atoms with Crippen molar-refractivity contribution in [3.05, 3.63) is 35.9 Å². The molecule has 0 aromatic heterocycles. The molecule has 1 aromatic rings. The lowest BCUT2D eigenvalue weighted by Crippen LogP contribution is -2.07. The third kappa shape index (κ3) is 4.29. The molecule has 0 unspecified atom stereocenters. The summed E-state index contributed by atoms with van der Waals surface area (Å²) >= 11 is 0. The predicted molar refractivity (Wildman–Crippen MR) is 58.1 cm³/mol. The normalized spacial score (nSPS) is 10.4. The van der Waals surface area contributed by atoms with Crippen LogP contribution in [0.15, 0.2) is 35.3 Å². The maximum absolute atomic E-state index is 4.25. The van der Waals surface area contributed by atoms with Crippen LogP contribution in [0.5, 0.6) is 0 Å². The molecule has 1 nitrogen and oxygen atoms in total. The van der Waals surface area contributed by atoms with Crippen molar-refractivity contribution in [3.63, 3.8) is 0 Å². The van der Waals surface area contributed by atoms with Crippen molar-refractivity contribution in [2.45, 2.75) is 26.3 Å². The van der Waals surface area contributed by atoms with E-state index in [4.69, 9.17) is 0 Å². The summed E-state index contributed by atoms with van der Waals surface area (Å²) in [5.41, 5.74) is 1.10. The summed E-state index contributed by atoms with van der Waals surface area (Å²) < 4.78 is 0. The Kier molecular flexibility index (Phi) is 3.05. The van der Waals surface area contributed by atoms with Gasteiger partial charge in [-0.05, 0) is 32.2 Å². The van der Waals surface area contributed by atoms with Crippen molar-refractivity contribution in [1.82, 2.24) is 0 Å². The van der Waals surface area contributed by atoms with Crippen LogP contribution in [0.4, 0.5) is 0 Å². The Bertz CT molecular complexity index is 311. The first-order chi connectivity index (χ1) is 6.08. The van der Waals surface area contributed by atoms with E-state index in [9.17, 15) is 0 Å². The maximum atomic E-state index is 4.25. The monoisotopic (exact) mass is 173 g/mol. The van der Waals surface area contributed by atoms with Gasteiger partial charge in [-0.3, -0.25) is 0 Å². The molecule has 0 aliphatic carbocycles. The van der Waals surface area contributed by atoms with Crippen molar-refractivity contribution in [3.8, 4) is 0 Å². The predicted octanol–water partition coefficient (Wildman–Crippen LogP) is 3.17. The van der Waals surface area contributed by atoms with Gasteiger partial charge in [0.1, 0.15) is 0 Å². The van der Waals surface area contributed by atoms with Gasteiger partial charge < -0.3 is 0 Å². The van der Waals surface area contributed by atoms with Gasteiger partial charge in [0.05, 0.1) is 5.54 Å². The number of hydrogen-bond acceptors (Lipinski definition) is 1. The van der Waals surface area contributed by atoms with Crippen LogP contribution in [0.3, 0.4) is 0 Å². The number of nitrogens with zero attached hydrogens (tertiary/aromatic N) is 1. The highest BCUT2D eigenvalue weighted by Crippen LogP contribution is 2.04. The minimum Gasteiger partial charge on any atom is -0.237 e. The van der Waals surface area contributed by atoms with Crippen LogP contribution in [0.25, 0.3) is 6.08 Å². The van der Waals surface area contributed by atoms with Crippen LogP contribution >= 0.6 is 0 Å². The molecule has 0 bridgehead atoms. The van der Waals surface area contributed by atoms with Gasteiger partial charge in [0.25, 0.3) is 0 Å². The summed E-state index contributed by atoms with van der Waals surface area (Å²) in [4.78, 5) is 4.25. The Balaban J connectivity index is 2.75. The molecule has 1 aromatic carbocycles. The maximum Gasteiger partial charge on any atom is 0.0618 e. The first-order valence-corrected chi connectivity index (χ1v) is 4.44. The van der Waals surface area contributed by atoms with E-state index in [1.807, 2.05) is 36.4 Å². The van der Waals surface area contributed by atoms with Gasteiger partial charge in [-0.15, -0.1) is 0 Å². The van der Waals surface area contributed by atoms with Gasteiger partial charge in [0, 0.05) is 6.08 Å². The molecule has 0 aliphatic rings. The Labute approximate surface area is 79.8 Å². The fraction of sp³-hybridized carbons (Fsp3) is 0.333. The quantitative estimate of drug-likeness (QED) is 0.578. The summed E-state index contributed by atoms with van der Waals surface area (Å²) in [6.07, 6.45) is 1.89. The molecule has 0 fully saturated rings. The zero-order valence-corrected chi connectivity index (χ0v) is 8.41. The molecular formula is C12H15N. The number of aliphatic imine (C=N–C) groups is 1. The lowest BCUT2D eigenvalue weighted by atomic mass is 10.1. The van der Waals surface area contributed by atoms with Gasteiger partial charge in [-0.2, -0.15) is 0 Å². The van der Waals surface area contributed by atoms with Crippen LogP contribution < -0.4 is 0 Å². The van der Waals surface area contributed by atoms with Crippen molar-refractivity contribution < 1.29 is 0 Å². The molecule has 0 aliphatic heterocycles. The minimum atomic E-state index is -0.0364. The molecule has 0 heterocycles. The lowest BCUT2D eigenvalue weighted by Gasteiger charge is -2.07. The van der Waals surface area contributed by atoms with Crippen molar-refractivity contribution in [2.24, 2.45) is 4.99 Å². The molecule has 13 heavy (non-hydrogen) atoms. The second kappa shape index (κ2) is 4.06. The molecule has 0 saturated carbocycles. The van der Waals surface area contributed by atoms with E-state index >= 15 is 0 Å². The molecule has 0 atom stereocenters. The third-order valence-corrected chi connectivity index (χ3v) is 1.43. The van der Waals surface area contributed by atoms with E-state index < -0.39 is 0 Å². The average Bonchev–Trinajstić information content (AvgIpc) is 2.04. The highest BCUT2D eigenvalue weighted by molar-refractivity contribution is 5.77. The summed E-state index contributed by atoms with van der Waals surface area (Å²) in [5.74, 6) is 2.94. The Morgan fingerprint density at radius 2 is 1.77 bits per heavy atom. The van der Waals surface area contributed by atoms with Gasteiger partial charge >= 0.3 is 0 Å². The van der Waals surface area contributed by atoms with Crippen molar-refractivity contribution in [1.29, 1.82) is 0 Å². The average molecular weight is 173 g/mol. The van der Waals surface area contributed by atoms with E-state index in [-0.39, 0.29) is 5.54 Å². The van der Waals surface area contributed by atoms with Gasteiger partial charge in [0.2, 0.25) is 0 Å². The largest absolute Gasteiger partial charge is 0.237 e. The van der Waals surface area contributed by atoms with Gasteiger partial charge in [-0.1, -0.05) is 30.3 Å². The second-order valence-electron chi connectivity index (χ2n) is 3.97. The van der Waals surface area contributed by atoms with Crippen LogP contribution in [-0.4, -0.2) is 11.4 Å². The fourth-order valence-electron chi connectivity index (χ4n) is 0.850. The molecule has 0 amide bonds. The molecule has 68 valence electrons. The van der Waals surface area contributed by atoms with Crippen LogP contribution in [0.2, 0.25) is 0 Å². The highest BCUT2D eigenvalue weighted by Gasteiger charge is 2.03. The van der Waals surface area contributed by atoms with Crippen molar-refractivity contribution in [2.75, 3.05) is 0 Å². The number of benzene rings is 1. The summed E-state index contributed by atoms with van der Waals surface area (Å²) in [5, 5.41) is 0. The molecule has 1 rings (SSSR count). The molecule has 0 N–H and O–H groups in total. The smallest absolute Gasteiger partial charge is 0.0618 e. The van der Waals surface area contributed by atoms with Gasteiger partial charge in [0.15, 0.2) is 0 Å². The van der Waals surface area contributed by atoms with Crippen LogP contribution in [-0.2, 0) is 0 Å². The van der Waals surface area contributed by atoms with E-state index in [0.29, 0.717) is 0 Å². The Morgan fingerprint density at radius 3 is 2.31 bits per heavy atom. The Morgan fingerprint density at radius 1 is 1.15 bits per heavy atom. The first kappa shape index (κ1) is 9.76. The highest BCUT2D eigenvalue weighted by atomic mass is 14.8. The van der Waals surface area contributed by atoms with Crippen LogP contribution in [0.1, 0.15) is 26.3 Å². The first-order valence-electron chi connectivity index (χ1n) is 4.44. The number of rotatable bonds is 1. The van der Waals surface area contributed by atoms with Crippen molar-refractivity contribution >= 4 is 11.9 Å².